The van der Waals surface area contributed by atoms with Crippen molar-refractivity contribution in [3.05, 3.63) is 89.3 Å². The van der Waals surface area contributed by atoms with Gasteiger partial charge in [0.15, 0.2) is 17.3 Å². The second kappa shape index (κ2) is 9.29. The van der Waals surface area contributed by atoms with E-state index in [1.807, 2.05) is 54.8 Å². The number of nitrogens with zero attached hydrogens (tertiary/aromatic N) is 2. The summed E-state index contributed by atoms with van der Waals surface area (Å²) in [6, 6.07) is 22.1. The van der Waals surface area contributed by atoms with Gasteiger partial charge in [0.05, 0.1) is 16.8 Å². The summed E-state index contributed by atoms with van der Waals surface area (Å²) < 4.78 is 11.0. The van der Waals surface area contributed by atoms with Crippen LogP contribution in [0.1, 0.15) is 15.9 Å². The molecule has 8 heteroatoms. The molecule has 2 aromatic heterocycles. The van der Waals surface area contributed by atoms with E-state index in [0.717, 1.165) is 16.8 Å². The minimum atomic E-state index is -0.646. The Kier molecular flexibility index (Phi) is 5.88. The van der Waals surface area contributed by atoms with Crippen LogP contribution in [0.3, 0.4) is 0 Å². The lowest BCUT2D eigenvalue weighted by Gasteiger charge is -2.07. The quantitative estimate of drug-likeness (QED) is 0.320. The molecule has 0 spiro atoms. The number of ether oxygens (including phenoxy) is 1. The molecule has 0 radical (unpaired) electrons. The number of carbonyl (C=O) groups excluding carboxylic acids is 2. The summed E-state index contributed by atoms with van der Waals surface area (Å²) in [7, 11) is 0. The number of benzene rings is 3. The summed E-state index contributed by atoms with van der Waals surface area (Å²) in [4.78, 5) is 34.0. The predicted octanol–water partition coefficient (Wildman–Crippen LogP) is 5.72. The first-order valence-electron chi connectivity index (χ1n) is 10.5. The molecule has 0 atom stereocenters. The normalized spacial score (nSPS) is 10.9. The van der Waals surface area contributed by atoms with Crippen molar-refractivity contribution >= 4 is 39.4 Å². The Morgan fingerprint density at radius 3 is 2.56 bits per heavy atom. The Bertz CT molecular complexity index is 1450. The summed E-state index contributed by atoms with van der Waals surface area (Å²) in [5.41, 5.74) is 4.95. The number of hydrogen-bond donors (Lipinski definition) is 1. The third kappa shape index (κ3) is 4.57. The predicted molar refractivity (Wildman–Crippen MR) is 131 cm³/mol. The minimum Gasteiger partial charge on any atom is -0.452 e. The van der Waals surface area contributed by atoms with Crippen LogP contribution in [0, 0.1) is 6.92 Å². The van der Waals surface area contributed by atoms with E-state index in [0.29, 0.717) is 27.7 Å². The van der Waals surface area contributed by atoms with E-state index in [4.69, 9.17) is 9.15 Å². The minimum absolute atomic E-state index is 0.262. The zero-order chi connectivity index (χ0) is 23.5. The molecule has 1 amide bonds. The fourth-order valence-corrected chi connectivity index (χ4v) is 4.12. The highest BCUT2D eigenvalue weighted by molar-refractivity contribution is 7.14. The smallest absolute Gasteiger partial charge is 0.339 e. The highest BCUT2D eigenvalue weighted by Gasteiger charge is 2.19. The number of aromatic nitrogens is 2. The van der Waals surface area contributed by atoms with Gasteiger partial charge in [-0.3, -0.25) is 10.1 Å². The molecule has 7 nitrogen and oxygen atoms in total. The van der Waals surface area contributed by atoms with Crippen LogP contribution < -0.4 is 5.32 Å². The Balaban J connectivity index is 1.24. The first-order chi connectivity index (χ1) is 16.6. The zero-order valence-corrected chi connectivity index (χ0v) is 19.0. The van der Waals surface area contributed by atoms with Crippen molar-refractivity contribution in [1.29, 1.82) is 0 Å². The number of thiazole rings is 1. The molecule has 0 saturated heterocycles. The van der Waals surface area contributed by atoms with Gasteiger partial charge in [-0.15, -0.1) is 11.3 Å². The second-order valence-electron chi connectivity index (χ2n) is 7.56. The SMILES string of the molecule is Cc1ccc(-c2csc(NC(=O)COC(=O)c3ccccc3-c3nc4ccccc4o3)n2)cc1. The average molecular weight is 470 g/mol. The third-order valence-electron chi connectivity index (χ3n) is 5.10. The second-order valence-corrected chi connectivity index (χ2v) is 8.42. The Morgan fingerprint density at radius 2 is 1.74 bits per heavy atom. The van der Waals surface area contributed by atoms with Gasteiger partial charge < -0.3 is 9.15 Å². The fourth-order valence-electron chi connectivity index (χ4n) is 3.39. The fraction of sp³-hybridized carbons (Fsp3) is 0.0769. The van der Waals surface area contributed by atoms with Gasteiger partial charge in [0, 0.05) is 10.9 Å². The van der Waals surface area contributed by atoms with Gasteiger partial charge >= 0.3 is 5.97 Å². The van der Waals surface area contributed by atoms with Gasteiger partial charge in [-0.05, 0) is 31.2 Å². The number of hydrogen-bond acceptors (Lipinski definition) is 7. The molecule has 0 fully saturated rings. The number of fused-ring (bicyclic) bond motifs is 1. The van der Waals surface area contributed by atoms with Crippen molar-refractivity contribution in [3.63, 3.8) is 0 Å². The zero-order valence-electron chi connectivity index (χ0n) is 18.1. The van der Waals surface area contributed by atoms with E-state index in [-0.39, 0.29) is 5.56 Å². The highest BCUT2D eigenvalue weighted by atomic mass is 32.1. The van der Waals surface area contributed by atoms with Crippen LogP contribution in [-0.2, 0) is 9.53 Å². The van der Waals surface area contributed by atoms with Crippen LogP contribution >= 0.6 is 11.3 Å². The largest absolute Gasteiger partial charge is 0.452 e. The van der Waals surface area contributed by atoms with Gasteiger partial charge in [0.1, 0.15) is 5.52 Å². The maximum Gasteiger partial charge on any atom is 0.339 e. The molecular weight excluding hydrogens is 450 g/mol. The molecule has 0 saturated carbocycles. The van der Waals surface area contributed by atoms with Crippen LogP contribution in [0.25, 0.3) is 33.8 Å². The van der Waals surface area contributed by atoms with E-state index < -0.39 is 18.5 Å². The molecule has 34 heavy (non-hydrogen) atoms. The number of para-hydroxylation sites is 2. The summed E-state index contributed by atoms with van der Waals surface area (Å²) >= 11 is 1.31. The lowest BCUT2D eigenvalue weighted by molar-refractivity contribution is -0.119. The van der Waals surface area contributed by atoms with Gasteiger partial charge in [0.2, 0.25) is 5.89 Å². The number of esters is 1. The molecule has 5 rings (SSSR count). The lowest BCUT2D eigenvalue weighted by Crippen LogP contribution is -2.21. The van der Waals surface area contributed by atoms with Crippen molar-refractivity contribution in [2.75, 3.05) is 11.9 Å². The summed E-state index contributed by atoms with van der Waals surface area (Å²) in [6.07, 6.45) is 0. The third-order valence-corrected chi connectivity index (χ3v) is 5.86. The molecule has 3 aromatic carbocycles. The Hall–Kier alpha value is -4.30. The first-order valence-corrected chi connectivity index (χ1v) is 11.4. The number of aryl methyl sites for hydroxylation is 1. The number of amides is 1. The maximum absolute atomic E-state index is 12.7. The van der Waals surface area contributed by atoms with Crippen LogP contribution in [0.2, 0.25) is 0 Å². The number of carbonyl (C=O) groups is 2. The van der Waals surface area contributed by atoms with Gasteiger partial charge in [-0.25, -0.2) is 14.8 Å². The van der Waals surface area contributed by atoms with Gasteiger partial charge in [0.25, 0.3) is 5.91 Å². The molecule has 1 N–H and O–H groups in total. The molecule has 5 aromatic rings. The summed E-state index contributed by atoms with van der Waals surface area (Å²) in [6.45, 7) is 1.57. The van der Waals surface area contributed by atoms with Crippen LogP contribution in [0.15, 0.2) is 82.6 Å². The van der Waals surface area contributed by atoms with Gasteiger partial charge in [-0.2, -0.15) is 0 Å². The highest BCUT2D eigenvalue weighted by Crippen LogP contribution is 2.28. The van der Waals surface area contributed by atoms with Crippen LogP contribution in [0.5, 0.6) is 0 Å². The van der Waals surface area contributed by atoms with Crippen LogP contribution in [0.4, 0.5) is 5.13 Å². The van der Waals surface area contributed by atoms with Crippen molar-refractivity contribution in [3.8, 4) is 22.7 Å². The van der Waals surface area contributed by atoms with E-state index >= 15 is 0 Å². The van der Waals surface area contributed by atoms with Crippen molar-refractivity contribution < 1.29 is 18.7 Å². The van der Waals surface area contributed by atoms with Crippen molar-refractivity contribution in [2.24, 2.45) is 0 Å². The molecule has 0 unspecified atom stereocenters. The standard InChI is InChI=1S/C26H19N3O4S/c1-16-10-12-17(13-11-16)21-15-34-26(28-21)29-23(30)14-32-25(31)19-7-3-2-6-18(19)24-27-20-8-4-5-9-22(20)33-24/h2-13,15H,14H2,1H3,(H,28,29,30). The van der Waals surface area contributed by atoms with E-state index in [9.17, 15) is 9.59 Å². The van der Waals surface area contributed by atoms with E-state index in [1.165, 1.54) is 11.3 Å². The topological polar surface area (TPSA) is 94.3 Å². The Labute approximate surface area is 199 Å². The van der Waals surface area contributed by atoms with Crippen molar-refractivity contribution in [2.45, 2.75) is 6.92 Å². The number of oxazole rings is 1. The summed E-state index contributed by atoms with van der Waals surface area (Å²) in [5.74, 6) is -0.811. The average Bonchev–Trinajstić information content (AvgIpc) is 3.50. The monoisotopic (exact) mass is 469 g/mol. The molecule has 0 aliphatic heterocycles. The molecule has 0 bridgehead atoms. The molecule has 0 aliphatic carbocycles. The van der Waals surface area contributed by atoms with E-state index in [2.05, 4.69) is 15.3 Å². The van der Waals surface area contributed by atoms with E-state index in [1.54, 1.807) is 30.3 Å². The van der Waals surface area contributed by atoms with Crippen molar-refractivity contribution in [1.82, 2.24) is 9.97 Å². The molecular formula is C26H19N3O4S. The van der Waals surface area contributed by atoms with Gasteiger partial charge in [-0.1, -0.05) is 54.1 Å². The maximum atomic E-state index is 12.7. The lowest BCUT2D eigenvalue weighted by atomic mass is 10.1. The summed E-state index contributed by atoms with van der Waals surface area (Å²) in [5, 5.41) is 4.97. The molecule has 0 aliphatic rings. The number of rotatable bonds is 6. The molecule has 168 valence electrons. The first kappa shape index (κ1) is 21.5. The van der Waals surface area contributed by atoms with Crippen LogP contribution in [-0.4, -0.2) is 28.5 Å². The molecule has 2 heterocycles. The Morgan fingerprint density at radius 1 is 0.971 bits per heavy atom. The number of anilines is 1. The number of nitrogens with one attached hydrogen (secondary N) is 1.